The van der Waals surface area contributed by atoms with Crippen molar-refractivity contribution in [1.82, 2.24) is 15.6 Å². The molecule has 1 heterocycles. The highest BCUT2D eigenvalue weighted by Crippen LogP contribution is 2.22. The molecule has 6 nitrogen and oxygen atoms in total. The number of unbranched alkanes of at least 4 members (excludes halogenated alkanes) is 1. The number of aryl methyl sites for hydroxylation is 2. The van der Waals surface area contributed by atoms with E-state index in [2.05, 4.69) is 15.6 Å². The van der Waals surface area contributed by atoms with Gasteiger partial charge in [-0.25, -0.2) is 4.98 Å². The Morgan fingerprint density at radius 1 is 1.04 bits per heavy atom. The maximum absolute atomic E-state index is 12.0. The molecule has 2 amide bonds. The Hall–Kier alpha value is -2.63. The minimum Gasteiger partial charge on any atom is -0.441 e. The molecule has 25 heavy (non-hydrogen) atoms. The van der Waals surface area contributed by atoms with Gasteiger partial charge < -0.3 is 15.1 Å². The number of carbonyl (C=O) groups is 2. The van der Waals surface area contributed by atoms with Crippen LogP contribution in [0.15, 0.2) is 28.7 Å². The number of oxazole rings is 1. The van der Waals surface area contributed by atoms with Crippen molar-refractivity contribution >= 4 is 11.8 Å². The lowest BCUT2D eigenvalue weighted by Gasteiger charge is -2.04. The molecular weight excluding hydrogens is 318 g/mol. The van der Waals surface area contributed by atoms with Crippen molar-refractivity contribution in [2.24, 2.45) is 0 Å². The van der Waals surface area contributed by atoms with Crippen molar-refractivity contribution in [2.45, 2.75) is 40.0 Å². The van der Waals surface area contributed by atoms with Crippen LogP contribution < -0.4 is 10.6 Å². The average molecular weight is 343 g/mol. The Bertz CT molecular complexity index is 720. The Morgan fingerprint density at radius 2 is 1.68 bits per heavy atom. The summed E-state index contributed by atoms with van der Waals surface area (Å²) in [4.78, 5) is 27.2. The molecule has 0 spiro atoms. The zero-order chi connectivity index (χ0) is 18.2. The molecule has 1 aromatic heterocycles. The monoisotopic (exact) mass is 343 g/mol. The Balaban J connectivity index is 1.81. The van der Waals surface area contributed by atoms with E-state index in [9.17, 15) is 9.59 Å². The van der Waals surface area contributed by atoms with E-state index >= 15 is 0 Å². The zero-order valence-electron chi connectivity index (χ0n) is 15.0. The van der Waals surface area contributed by atoms with Crippen LogP contribution in [0.4, 0.5) is 0 Å². The second-order valence-corrected chi connectivity index (χ2v) is 6.10. The highest BCUT2D eigenvalue weighted by atomic mass is 16.4. The molecule has 0 atom stereocenters. The largest absolute Gasteiger partial charge is 0.441 e. The molecule has 0 unspecified atom stereocenters. The quantitative estimate of drug-likeness (QED) is 0.722. The van der Waals surface area contributed by atoms with E-state index in [4.69, 9.17) is 4.42 Å². The van der Waals surface area contributed by atoms with E-state index in [-0.39, 0.29) is 18.2 Å². The number of nitrogens with one attached hydrogen (secondary N) is 2. The lowest BCUT2D eigenvalue weighted by molar-refractivity contribution is -0.121. The molecular formula is C19H25N3O3. The molecule has 2 rings (SSSR count). The van der Waals surface area contributed by atoms with Gasteiger partial charge >= 0.3 is 0 Å². The first kappa shape index (κ1) is 18.7. The van der Waals surface area contributed by atoms with Gasteiger partial charge in [-0.15, -0.1) is 0 Å². The Labute approximate surface area is 148 Å². The first-order chi connectivity index (χ1) is 12.0. The van der Waals surface area contributed by atoms with E-state index in [1.165, 1.54) is 12.5 Å². The predicted molar refractivity (Wildman–Crippen MR) is 96.0 cm³/mol. The molecule has 0 aliphatic rings. The number of hydrogen-bond acceptors (Lipinski definition) is 4. The minimum atomic E-state index is -0.0774. The maximum atomic E-state index is 12.0. The van der Waals surface area contributed by atoms with E-state index < -0.39 is 0 Å². The summed E-state index contributed by atoms with van der Waals surface area (Å²) in [5, 5.41) is 5.60. The van der Waals surface area contributed by atoms with Crippen LogP contribution in [0, 0.1) is 13.8 Å². The van der Waals surface area contributed by atoms with E-state index in [0.717, 1.165) is 18.4 Å². The van der Waals surface area contributed by atoms with Gasteiger partial charge in [0.2, 0.25) is 17.7 Å². The molecule has 0 saturated carbocycles. The fraction of sp³-hybridized carbons (Fsp3) is 0.421. The van der Waals surface area contributed by atoms with E-state index in [0.29, 0.717) is 30.4 Å². The summed E-state index contributed by atoms with van der Waals surface area (Å²) in [6.45, 7) is 6.55. The van der Waals surface area contributed by atoms with Crippen molar-refractivity contribution in [3.05, 3.63) is 41.3 Å². The maximum Gasteiger partial charge on any atom is 0.226 e. The number of aromatic nitrogens is 1. The number of hydrogen-bond donors (Lipinski definition) is 2. The van der Waals surface area contributed by atoms with Gasteiger partial charge in [0.05, 0.1) is 12.1 Å². The summed E-state index contributed by atoms with van der Waals surface area (Å²) in [7, 11) is 0. The third kappa shape index (κ3) is 6.06. The van der Waals surface area contributed by atoms with Gasteiger partial charge in [0, 0.05) is 25.6 Å². The van der Waals surface area contributed by atoms with Gasteiger partial charge in [-0.2, -0.15) is 0 Å². The smallest absolute Gasteiger partial charge is 0.226 e. The lowest BCUT2D eigenvalue weighted by Crippen LogP contribution is -2.27. The van der Waals surface area contributed by atoms with Crippen molar-refractivity contribution < 1.29 is 14.0 Å². The Morgan fingerprint density at radius 3 is 2.32 bits per heavy atom. The first-order valence-electron chi connectivity index (χ1n) is 8.50. The molecule has 0 fully saturated rings. The van der Waals surface area contributed by atoms with Crippen LogP contribution in [0.25, 0.3) is 11.5 Å². The second-order valence-electron chi connectivity index (χ2n) is 6.10. The molecule has 0 aliphatic heterocycles. The van der Waals surface area contributed by atoms with Crippen LogP contribution in [-0.2, 0) is 16.0 Å². The molecule has 2 aromatic rings. The van der Waals surface area contributed by atoms with Gasteiger partial charge in [-0.3, -0.25) is 9.59 Å². The lowest BCUT2D eigenvalue weighted by atomic mass is 10.1. The predicted octanol–water partition coefficient (Wildman–Crippen LogP) is 2.53. The van der Waals surface area contributed by atoms with Gasteiger partial charge in [0.25, 0.3) is 0 Å². The van der Waals surface area contributed by atoms with Gasteiger partial charge in [0.15, 0.2) is 0 Å². The van der Waals surface area contributed by atoms with E-state index in [1.54, 1.807) is 0 Å². The van der Waals surface area contributed by atoms with Crippen LogP contribution in [0.1, 0.15) is 36.8 Å². The molecule has 6 heteroatoms. The molecule has 0 bridgehead atoms. The number of carbonyl (C=O) groups excluding carboxylic acids is 2. The van der Waals surface area contributed by atoms with Gasteiger partial charge in [-0.1, -0.05) is 17.7 Å². The summed E-state index contributed by atoms with van der Waals surface area (Å²) in [5.74, 6) is 1.09. The highest BCUT2D eigenvalue weighted by Gasteiger charge is 2.14. The summed E-state index contributed by atoms with van der Waals surface area (Å²) < 4.78 is 5.69. The summed E-state index contributed by atoms with van der Waals surface area (Å²) in [6.07, 6.45) is 1.85. The summed E-state index contributed by atoms with van der Waals surface area (Å²) in [6, 6.07) is 7.92. The van der Waals surface area contributed by atoms with Crippen molar-refractivity contribution in [3.8, 4) is 11.5 Å². The first-order valence-corrected chi connectivity index (χ1v) is 8.50. The second kappa shape index (κ2) is 9.01. The standard InChI is InChI=1S/C19H25N3O3/c1-13-6-8-16(9-7-13)19-22-17(14(2)25-19)12-18(24)21-11-5-4-10-20-15(3)23/h6-9H,4-5,10-12H2,1-3H3,(H,20,23)(H,21,24). The van der Waals surface area contributed by atoms with Crippen LogP contribution >= 0.6 is 0 Å². The Kier molecular flexibility index (Phi) is 6.74. The molecule has 134 valence electrons. The van der Waals surface area contributed by atoms with Gasteiger partial charge in [0.1, 0.15) is 5.76 Å². The molecule has 0 aliphatic carbocycles. The van der Waals surface area contributed by atoms with Gasteiger partial charge in [-0.05, 0) is 38.8 Å². The van der Waals surface area contributed by atoms with Crippen molar-refractivity contribution in [1.29, 1.82) is 0 Å². The number of amides is 2. The van der Waals surface area contributed by atoms with Crippen molar-refractivity contribution in [2.75, 3.05) is 13.1 Å². The van der Waals surface area contributed by atoms with Crippen LogP contribution in [-0.4, -0.2) is 29.9 Å². The van der Waals surface area contributed by atoms with Crippen LogP contribution in [0.2, 0.25) is 0 Å². The topological polar surface area (TPSA) is 84.2 Å². The summed E-state index contributed by atoms with van der Waals surface area (Å²) in [5.41, 5.74) is 2.73. The fourth-order valence-corrected chi connectivity index (χ4v) is 2.37. The number of benzene rings is 1. The number of rotatable bonds is 8. The molecule has 0 radical (unpaired) electrons. The zero-order valence-corrected chi connectivity index (χ0v) is 15.0. The molecule has 0 saturated heterocycles. The average Bonchev–Trinajstić information content (AvgIpc) is 2.92. The normalized spacial score (nSPS) is 10.5. The van der Waals surface area contributed by atoms with E-state index in [1.807, 2.05) is 38.1 Å². The van der Waals surface area contributed by atoms with Crippen molar-refractivity contribution in [3.63, 3.8) is 0 Å². The SMILES string of the molecule is CC(=O)NCCCCNC(=O)Cc1nc(-c2ccc(C)cc2)oc1C. The van der Waals surface area contributed by atoms with Crippen LogP contribution in [0.3, 0.4) is 0 Å². The minimum absolute atomic E-state index is 0.0325. The third-order valence-corrected chi connectivity index (χ3v) is 3.82. The molecule has 1 aromatic carbocycles. The number of nitrogens with zero attached hydrogens (tertiary/aromatic N) is 1. The summed E-state index contributed by atoms with van der Waals surface area (Å²) >= 11 is 0. The van der Waals surface area contributed by atoms with Crippen LogP contribution in [0.5, 0.6) is 0 Å². The fourth-order valence-electron chi connectivity index (χ4n) is 2.37. The highest BCUT2D eigenvalue weighted by molar-refractivity contribution is 5.78. The molecule has 2 N–H and O–H groups in total. The third-order valence-electron chi connectivity index (χ3n) is 3.82.